The average molecular weight is 509 g/mol. The van der Waals surface area contributed by atoms with E-state index in [1.165, 1.54) is 37.7 Å². The summed E-state index contributed by atoms with van der Waals surface area (Å²) < 4.78 is 6.01. The van der Waals surface area contributed by atoms with Gasteiger partial charge in [0.2, 0.25) is 0 Å². The summed E-state index contributed by atoms with van der Waals surface area (Å²) in [5.41, 5.74) is 2.29. The van der Waals surface area contributed by atoms with E-state index in [4.69, 9.17) is 4.74 Å². The van der Waals surface area contributed by atoms with Crippen LogP contribution in [0.25, 0.3) is 0 Å². The van der Waals surface area contributed by atoms with Crippen LogP contribution in [-0.4, -0.2) is 22.8 Å². The van der Waals surface area contributed by atoms with Crippen LogP contribution in [-0.2, 0) is 4.74 Å². The van der Waals surface area contributed by atoms with Crippen LogP contribution in [0.5, 0.6) is 0 Å². The van der Waals surface area contributed by atoms with Gasteiger partial charge in [0, 0.05) is 6.42 Å². The molecular weight excluding hydrogens is 456 g/mol. The third-order valence-corrected chi connectivity index (χ3v) is 10.9. The van der Waals surface area contributed by atoms with E-state index in [-0.39, 0.29) is 17.5 Å². The molecule has 3 fully saturated rings. The molecule has 3 aliphatic rings. The lowest BCUT2D eigenvalue weighted by Crippen LogP contribution is -2.44. The molecule has 1 aromatic rings. The van der Waals surface area contributed by atoms with E-state index in [2.05, 4.69) is 33.8 Å². The van der Waals surface area contributed by atoms with Crippen molar-refractivity contribution in [3.63, 3.8) is 0 Å². The highest BCUT2D eigenvalue weighted by Crippen LogP contribution is 2.63. The fraction of sp³-hybridized carbons (Fsp3) is 0.735. The summed E-state index contributed by atoms with van der Waals surface area (Å²) in [6, 6.07) is 9.42. The summed E-state index contributed by atoms with van der Waals surface area (Å²) in [7, 11) is 0. The number of fused-ring (bicyclic) bond motifs is 1. The van der Waals surface area contributed by atoms with E-state index in [0.717, 1.165) is 56.3 Å². The van der Waals surface area contributed by atoms with Crippen LogP contribution >= 0.6 is 0 Å². The molecule has 3 heteroatoms. The molecule has 3 aliphatic carbocycles. The van der Waals surface area contributed by atoms with Gasteiger partial charge in [0.25, 0.3) is 0 Å². The fourth-order valence-electron chi connectivity index (χ4n) is 8.49. The Labute approximate surface area is 226 Å². The third-order valence-electron chi connectivity index (χ3n) is 10.9. The number of allylic oxidation sites excluding steroid dienone is 1. The number of aliphatic hydroxyl groups is 1. The second-order valence-corrected chi connectivity index (χ2v) is 13.9. The van der Waals surface area contributed by atoms with Crippen LogP contribution in [0.4, 0.5) is 0 Å². The fourth-order valence-corrected chi connectivity index (χ4v) is 8.49. The van der Waals surface area contributed by atoms with Gasteiger partial charge < -0.3 is 9.84 Å². The van der Waals surface area contributed by atoms with Gasteiger partial charge in [-0.1, -0.05) is 57.5 Å². The smallest absolute Gasteiger partial charge is 0.338 e. The molecular formula is C34H52O3. The first-order chi connectivity index (χ1) is 17.5. The lowest BCUT2D eigenvalue weighted by Gasteiger charge is -2.52. The maximum Gasteiger partial charge on any atom is 0.338 e. The molecule has 0 bridgehead atoms. The molecule has 1 N–H and O–H groups in total. The number of hydrogen-bond acceptors (Lipinski definition) is 3. The maximum atomic E-state index is 12.7. The van der Waals surface area contributed by atoms with Crippen molar-refractivity contribution in [1.29, 1.82) is 0 Å². The Morgan fingerprint density at radius 3 is 2.51 bits per heavy atom. The maximum absolute atomic E-state index is 12.7. The van der Waals surface area contributed by atoms with E-state index in [1.807, 2.05) is 44.2 Å². The number of rotatable bonds is 8. The molecule has 0 heterocycles. The Hall–Kier alpha value is -1.61. The standard InChI is InChI=1S/C34H52O3/c1-7-11-26-23-29(37-31(35)25-12-9-8-10-13-25)18-21-33(26,5)28-17-20-34(6)27(22-28)14-15-30(34)24(2)16-19-32(3,4)36/h8-13,24,27-30,36H,7,14-23H2,1-6H3/b26-11-/t24-,27+,28+,29+,30-,33+,34+/m1/s1. The Balaban J connectivity index is 1.41. The van der Waals surface area contributed by atoms with Gasteiger partial charge in [-0.15, -0.1) is 0 Å². The van der Waals surface area contributed by atoms with E-state index < -0.39 is 5.60 Å². The Bertz CT molecular complexity index is 944. The first kappa shape index (κ1) is 28.4. The van der Waals surface area contributed by atoms with Crippen molar-refractivity contribution in [3.8, 4) is 0 Å². The first-order valence-corrected chi connectivity index (χ1v) is 15.1. The lowest BCUT2D eigenvalue weighted by molar-refractivity contribution is -0.0151. The highest BCUT2D eigenvalue weighted by atomic mass is 16.5. The lowest BCUT2D eigenvalue weighted by atomic mass is 9.53. The minimum absolute atomic E-state index is 0.0140. The van der Waals surface area contributed by atoms with Crippen LogP contribution in [0.3, 0.4) is 0 Å². The zero-order valence-corrected chi connectivity index (χ0v) is 24.4. The predicted molar refractivity (Wildman–Crippen MR) is 152 cm³/mol. The minimum Gasteiger partial charge on any atom is -0.458 e. The van der Waals surface area contributed by atoms with Gasteiger partial charge in [-0.3, -0.25) is 0 Å². The second-order valence-electron chi connectivity index (χ2n) is 13.9. The highest BCUT2D eigenvalue weighted by Gasteiger charge is 2.54. The zero-order valence-electron chi connectivity index (χ0n) is 24.4. The number of carbonyl (C=O) groups excluding carboxylic acids is 1. The Morgan fingerprint density at radius 2 is 1.84 bits per heavy atom. The third kappa shape index (κ3) is 6.18. The second kappa shape index (κ2) is 11.2. The van der Waals surface area contributed by atoms with Crippen molar-refractivity contribution in [2.24, 2.45) is 34.5 Å². The molecule has 0 saturated heterocycles. The number of carbonyl (C=O) groups is 1. The van der Waals surface area contributed by atoms with E-state index >= 15 is 0 Å². The monoisotopic (exact) mass is 508 g/mol. The molecule has 3 nitrogen and oxygen atoms in total. The van der Waals surface area contributed by atoms with Crippen molar-refractivity contribution in [3.05, 3.63) is 47.5 Å². The van der Waals surface area contributed by atoms with E-state index in [1.54, 1.807) is 0 Å². The molecule has 0 radical (unpaired) electrons. The largest absolute Gasteiger partial charge is 0.458 e. The molecule has 7 atom stereocenters. The topological polar surface area (TPSA) is 46.5 Å². The summed E-state index contributed by atoms with van der Waals surface area (Å²) in [6.45, 7) is 13.7. The van der Waals surface area contributed by atoms with Crippen LogP contribution in [0.1, 0.15) is 123 Å². The van der Waals surface area contributed by atoms with Crippen LogP contribution in [0, 0.1) is 34.5 Å². The van der Waals surface area contributed by atoms with Crippen LogP contribution < -0.4 is 0 Å². The van der Waals surface area contributed by atoms with Gasteiger partial charge in [0.05, 0.1) is 11.2 Å². The molecule has 206 valence electrons. The molecule has 0 aromatic heterocycles. The predicted octanol–water partition coefficient (Wildman–Crippen LogP) is 8.76. The van der Waals surface area contributed by atoms with E-state index in [9.17, 15) is 9.90 Å². The molecule has 3 saturated carbocycles. The van der Waals surface area contributed by atoms with Crippen LogP contribution in [0.15, 0.2) is 42.0 Å². The van der Waals surface area contributed by atoms with Gasteiger partial charge in [-0.2, -0.15) is 0 Å². The van der Waals surface area contributed by atoms with E-state index in [0.29, 0.717) is 16.9 Å². The molecule has 0 unspecified atom stereocenters. The summed E-state index contributed by atoms with van der Waals surface area (Å²) in [4.78, 5) is 12.7. The van der Waals surface area contributed by atoms with Crippen molar-refractivity contribution >= 4 is 5.97 Å². The van der Waals surface area contributed by atoms with Gasteiger partial charge in [-0.05, 0) is 125 Å². The summed E-state index contributed by atoms with van der Waals surface area (Å²) in [6.07, 6.45) is 15.2. The van der Waals surface area contributed by atoms with Crippen molar-refractivity contribution in [2.45, 2.75) is 124 Å². The number of ether oxygens (including phenoxy) is 1. The number of esters is 1. The number of hydrogen-bond donors (Lipinski definition) is 1. The van der Waals surface area contributed by atoms with Gasteiger partial charge in [0.1, 0.15) is 6.10 Å². The molecule has 0 aliphatic heterocycles. The molecule has 0 amide bonds. The molecule has 37 heavy (non-hydrogen) atoms. The average Bonchev–Trinajstić information content (AvgIpc) is 3.21. The Morgan fingerprint density at radius 1 is 1.11 bits per heavy atom. The van der Waals surface area contributed by atoms with Crippen LogP contribution in [0.2, 0.25) is 0 Å². The molecule has 0 spiro atoms. The van der Waals surface area contributed by atoms with Crippen molar-refractivity contribution in [2.75, 3.05) is 0 Å². The van der Waals surface area contributed by atoms with Gasteiger partial charge in [-0.25, -0.2) is 4.79 Å². The minimum atomic E-state index is -0.560. The summed E-state index contributed by atoms with van der Waals surface area (Å²) in [5, 5.41) is 10.3. The quantitative estimate of drug-likeness (QED) is 0.282. The van der Waals surface area contributed by atoms with Crippen molar-refractivity contribution < 1.29 is 14.6 Å². The zero-order chi connectivity index (χ0) is 26.8. The summed E-state index contributed by atoms with van der Waals surface area (Å²) in [5.74, 6) is 2.81. The number of benzene rings is 1. The molecule has 1 aromatic carbocycles. The normalized spacial score (nSPS) is 36.2. The molecule has 4 rings (SSSR count). The SMILES string of the molecule is CC/C=C1/C[C@@H](OC(=O)c2ccccc2)CC[C@]1(C)[C@H]1CC[C@@]2(C)[C@@H](CC[C@@H]2[C@H](C)CCC(C)(C)O)C1. The van der Waals surface area contributed by atoms with Crippen molar-refractivity contribution in [1.82, 2.24) is 0 Å². The first-order valence-electron chi connectivity index (χ1n) is 15.1. The Kier molecular flexibility index (Phi) is 8.63. The summed E-state index contributed by atoms with van der Waals surface area (Å²) >= 11 is 0. The highest BCUT2D eigenvalue weighted by molar-refractivity contribution is 5.89. The van der Waals surface area contributed by atoms with Gasteiger partial charge >= 0.3 is 5.97 Å². The van der Waals surface area contributed by atoms with Gasteiger partial charge in [0.15, 0.2) is 0 Å².